The van der Waals surface area contributed by atoms with Gasteiger partial charge in [-0.1, -0.05) is 52.9 Å². The predicted octanol–water partition coefficient (Wildman–Crippen LogP) is 4.62. The van der Waals surface area contributed by atoms with Crippen molar-refractivity contribution in [3.05, 3.63) is 0 Å². The van der Waals surface area contributed by atoms with Crippen molar-refractivity contribution in [3.8, 4) is 0 Å². The Morgan fingerprint density at radius 3 is 2.44 bits per heavy atom. The molecule has 0 spiro atoms. The normalized spacial score (nSPS) is 38.8. The van der Waals surface area contributed by atoms with Crippen molar-refractivity contribution in [2.24, 2.45) is 23.7 Å². The molecule has 0 aromatic heterocycles. The molecule has 0 saturated heterocycles. The maximum Gasteiger partial charge on any atom is 0.0126 e. The highest BCUT2D eigenvalue weighted by molar-refractivity contribution is 4.91. The maximum absolute atomic E-state index is 3.88. The van der Waals surface area contributed by atoms with Crippen LogP contribution in [0.1, 0.15) is 72.1 Å². The molecule has 2 saturated carbocycles. The molecule has 5 atom stereocenters. The first kappa shape index (κ1) is 14.4. The van der Waals surface area contributed by atoms with Crippen molar-refractivity contribution in [2.75, 3.05) is 6.54 Å². The molecule has 0 radical (unpaired) electrons. The average molecular weight is 251 g/mol. The van der Waals surface area contributed by atoms with Crippen LogP contribution in [0.5, 0.6) is 0 Å². The second-order valence-corrected chi connectivity index (χ2v) is 6.88. The number of nitrogens with one attached hydrogen (secondary N) is 1. The third-order valence-electron chi connectivity index (χ3n) is 5.64. The van der Waals surface area contributed by atoms with Gasteiger partial charge in [0.2, 0.25) is 0 Å². The zero-order valence-corrected chi connectivity index (χ0v) is 12.8. The summed E-state index contributed by atoms with van der Waals surface area (Å²) in [5.41, 5.74) is 0. The summed E-state index contributed by atoms with van der Waals surface area (Å²) < 4.78 is 0. The molecule has 0 aliphatic heterocycles. The molecule has 1 heteroatoms. The van der Waals surface area contributed by atoms with Crippen LogP contribution in [-0.4, -0.2) is 12.6 Å². The van der Waals surface area contributed by atoms with E-state index in [0.29, 0.717) is 0 Å². The lowest BCUT2D eigenvalue weighted by atomic mass is 9.70. The quantitative estimate of drug-likeness (QED) is 0.752. The topological polar surface area (TPSA) is 12.0 Å². The third kappa shape index (κ3) is 3.29. The highest BCUT2D eigenvalue weighted by Crippen LogP contribution is 2.42. The van der Waals surface area contributed by atoms with Gasteiger partial charge in [-0.15, -0.1) is 0 Å². The Labute approximate surface area is 114 Å². The van der Waals surface area contributed by atoms with Gasteiger partial charge < -0.3 is 5.32 Å². The van der Waals surface area contributed by atoms with Crippen LogP contribution in [0.2, 0.25) is 0 Å². The van der Waals surface area contributed by atoms with Crippen LogP contribution in [0.3, 0.4) is 0 Å². The van der Waals surface area contributed by atoms with Crippen LogP contribution in [0.4, 0.5) is 0 Å². The molecule has 0 bridgehead atoms. The summed E-state index contributed by atoms with van der Waals surface area (Å²) >= 11 is 0. The van der Waals surface area contributed by atoms with E-state index in [-0.39, 0.29) is 0 Å². The second-order valence-electron chi connectivity index (χ2n) is 6.88. The Balaban J connectivity index is 2.02. The molecule has 0 amide bonds. The van der Waals surface area contributed by atoms with Crippen molar-refractivity contribution >= 4 is 0 Å². The van der Waals surface area contributed by atoms with Crippen molar-refractivity contribution in [1.29, 1.82) is 0 Å². The van der Waals surface area contributed by atoms with E-state index in [4.69, 9.17) is 0 Å². The number of hydrogen-bond donors (Lipinski definition) is 1. The van der Waals surface area contributed by atoms with Crippen LogP contribution in [0.15, 0.2) is 0 Å². The first-order valence-corrected chi connectivity index (χ1v) is 8.49. The fourth-order valence-corrected chi connectivity index (χ4v) is 4.70. The first-order chi connectivity index (χ1) is 8.76. The predicted molar refractivity (Wildman–Crippen MR) is 79.7 cm³/mol. The van der Waals surface area contributed by atoms with E-state index < -0.39 is 0 Å². The van der Waals surface area contributed by atoms with E-state index in [1.807, 2.05) is 0 Å². The highest BCUT2D eigenvalue weighted by atomic mass is 14.9. The Morgan fingerprint density at radius 1 is 1.06 bits per heavy atom. The van der Waals surface area contributed by atoms with Gasteiger partial charge >= 0.3 is 0 Å². The SMILES string of the molecule is CCNC(C1CCC(C)C1)C1CCCCC1CC. The molecule has 0 aromatic rings. The van der Waals surface area contributed by atoms with Gasteiger partial charge in [0.1, 0.15) is 0 Å². The second kappa shape index (κ2) is 6.93. The highest BCUT2D eigenvalue weighted by Gasteiger charge is 2.37. The number of hydrogen-bond acceptors (Lipinski definition) is 1. The third-order valence-corrected chi connectivity index (χ3v) is 5.64. The van der Waals surface area contributed by atoms with Gasteiger partial charge in [-0.25, -0.2) is 0 Å². The minimum atomic E-state index is 0.824. The standard InChI is InChI=1S/C17H33N/c1-4-14-8-6-7-9-16(14)17(18-5-2)15-11-10-13(3)12-15/h13-18H,4-12H2,1-3H3. The molecule has 2 aliphatic carbocycles. The molecule has 2 aliphatic rings. The minimum absolute atomic E-state index is 0.824. The van der Waals surface area contributed by atoms with Crippen LogP contribution < -0.4 is 5.32 Å². The summed E-state index contributed by atoms with van der Waals surface area (Å²) in [6.07, 6.45) is 11.8. The summed E-state index contributed by atoms with van der Waals surface area (Å²) in [6.45, 7) is 8.29. The van der Waals surface area contributed by atoms with Crippen molar-refractivity contribution in [1.82, 2.24) is 5.32 Å². The number of rotatable bonds is 5. The Bertz CT molecular complexity index is 238. The monoisotopic (exact) mass is 251 g/mol. The molecule has 2 rings (SSSR count). The smallest absolute Gasteiger partial charge is 0.0126 e. The van der Waals surface area contributed by atoms with Crippen LogP contribution in [-0.2, 0) is 0 Å². The first-order valence-electron chi connectivity index (χ1n) is 8.49. The summed E-state index contributed by atoms with van der Waals surface area (Å²) in [5.74, 6) is 3.91. The van der Waals surface area contributed by atoms with E-state index in [0.717, 1.165) is 36.3 Å². The van der Waals surface area contributed by atoms with Gasteiger partial charge in [0.15, 0.2) is 0 Å². The van der Waals surface area contributed by atoms with Gasteiger partial charge in [-0.05, 0) is 49.5 Å². The van der Waals surface area contributed by atoms with Crippen LogP contribution in [0, 0.1) is 23.7 Å². The van der Waals surface area contributed by atoms with E-state index in [1.165, 1.54) is 51.4 Å². The van der Waals surface area contributed by atoms with Crippen LogP contribution >= 0.6 is 0 Å². The van der Waals surface area contributed by atoms with Gasteiger partial charge in [0.25, 0.3) is 0 Å². The Hall–Kier alpha value is -0.0400. The summed E-state index contributed by atoms with van der Waals surface area (Å²) in [4.78, 5) is 0. The van der Waals surface area contributed by atoms with Gasteiger partial charge in [0, 0.05) is 6.04 Å². The molecular formula is C17H33N. The fourth-order valence-electron chi connectivity index (χ4n) is 4.70. The zero-order chi connectivity index (χ0) is 13.0. The molecule has 18 heavy (non-hydrogen) atoms. The molecular weight excluding hydrogens is 218 g/mol. The van der Waals surface area contributed by atoms with Gasteiger partial charge in [0.05, 0.1) is 0 Å². The van der Waals surface area contributed by atoms with Crippen molar-refractivity contribution in [2.45, 2.75) is 78.2 Å². The van der Waals surface area contributed by atoms with Gasteiger partial charge in [-0.3, -0.25) is 0 Å². The summed E-state index contributed by atoms with van der Waals surface area (Å²) in [5, 5.41) is 3.88. The van der Waals surface area contributed by atoms with Crippen LogP contribution in [0.25, 0.3) is 0 Å². The molecule has 106 valence electrons. The van der Waals surface area contributed by atoms with E-state index in [9.17, 15) is 0 Å². The largest absolute Gasteiger partial charge is 0.314 e. The summed E-state index contributed by atoms with van der Waals surface area (Å²) in [6, 6.07) is 0.824. The van der Waals surface area contributed by atoms with E-state index in [1.54, 1.807) is 0 Å². The minimum Gasteiger partial charge on any atom is -0.314 e. The van der Waals surface area contributed by atoms with Gasteiger partial charge in [-0.2, -0.15) is 0 Å². The molecule has 1 N–H and O–H groups in total. The fraction of sp³-hybridized carbons (Fsp3) is 1.00. The lowest BCUT2D eigenvalue weighted by Crippen LogP contribution is -2.45. The average Bonchev–Trinajstić information content (AvgIpc) is 2.82. The maximum atomic E-state index is 3.88. The summed E-state index contributed by atoms with van der Waals surface area (Å²) in [7, 11) is 0. The molecule has 0 aromatic carbocycles. The van der Waals surface area contributed by atoms with E-state index >= 15 is 0 Å². The zero-order valence-electron chi connectivity index (χ0n) is 12.8. The van der Waals surface area contributed by atoms with Crippen molar-refractivity contribution < 1.29 is 0 Å². The van der Waals surface area contributed by atoms with Crippen molar-refractivity contribution in [3.63, 3.8) is 0 Å². The molecule has 0 heterocycles. The van der Waals surface area contributed by atoms with E-state index in [2.05, 4.69) is 26.1 Å². The lowest BCUT2D eigenvalue weighted by molar-refractivity contribution is 0.138. The lowest BCUT2D eigenvalue weighted by Gasteiger charge is -2.40. The Morgan fingerprint density at radius 2 is 1.83 bits per heavy atom. The Kier molecular flexibility index (Phi) is 5.54. The molecule has 2 fully saturated rings. The molecule has 5 unspecified atom stereocenters. The molecule has 1 nitrogen and oxygen atoms in total.